The van der Waals surface area contributed by atoms with Gasteiger partial charge >= 0.3 is 5.28 Å². The zero-order chi connectivity index (χ0) is 5.98. The van der Waals surface area contributed by atoms with Gasteiger partial charge in [0.05, 0.1) is 6.20 Å². The van der Waals surface area contributed by atoms with Crippen LogP contribution in [0.3, 0.4) is 0 Å². The van der Waals surface area contributed by atoms with E-state index in [9.17, 15) is 5.21 Å². The molecule has 0 aliphatic heterocycles. The van der Waals surface area contributed by atoms with Gasteiger partial charge in [-0.15, -0.1) is 12.4 Å². The largest absolute Gasteiger partial charge is 0.710 e. The summed E-state index contributed by atoms with van der Waals surface area (Å²) >= 11 is 5.25. The van der Waals surface area contributed by atoms with Gasteiger partial charge in [0.15, 0.2) is 0 Å². The summed E-state index contributed by atoms with van der Waals surface area (Å²) in [5.74, 6) is 0. The Hall–Kier alpha value is -0.540. The van der Waals surface area contributed by atoms with Gasteiger partial charge in [0.2, 0.25) is 0 Å². The third kappa shape index (κ3) is 2.03. The summed E-state index contributed by atoms with van der Waals surface area (Å²) in [6, 6.07) is 1.51. The summed E-state index contributed by atoms with van der Waals surface area (Å²) in [5.41, 5.74) is 0. The van der Waals surface area contributed by atoms with Crippen LogP contribution < -0.4 is 4.73 Å². The molecule has 0 aliphatic carbocycles. The first-order valence-electron chi connectivity index (χ1n) is 2.00. The van der Waals surface area contributed by atoms with Crippen molar-refractivity contribution in [2.45, 2.75) is 0 Å². The summed E-state index contributed by atoms with van der Waals surface area (Å²) in [7, 11) is 0. The first-order chi connectivity index (χ1) is 3.80. The minimum absolute atomic E-state index is 0. The number of rotatable bonds is 0. The Bertz CT molecular complexity index is 173. The summed E-state index contributed by atoms with van der Waals surface area (Å²) in [6.45, 7) is 0. The molecule has 9 heavy (non-hydrogen) atoms. The predicted molar refractivity (Wildman–Crippen MR) is 35.5 cm³/mol. The van der Waals surface area contributed by atoms with Crippen LogP contribution in [-0.4, -0.2) is 4.98 Å². The number of hydrogen-bond donors (Lipinski definition) is 0. The maximum Gasteiger partial charge on any atom is 0.399 e. The highest BCUT2D eigenvalue weighted by molar-refractivity contribution is 6.27. The Morgan fingerprint density at radius 2 is 2.33 bits per heavy atom. The summed E-state index contributed by atoms with van der Waals surface area (Å²) in [5, 5.41) is 10.3. The summed E-state index contributed by atoms with van der Waals surface area (Å²) < 4.78 is 0.488. The lowest BCUT2D eigenvalue weighted by Gasteiger charge is -1.95. The molecule has 0 saturated heterocycles. The molecule has 3 nitrogen and oxygen atoms in total. The number of halogens is 2. The molecule has 1 heterocycles. The zero-order valence-electron chi connectivity index (χ0n) is 4.32. The first kappa shape index (κ1) is 8.46. The number of hydrogen-bond acceptors (Lipinski definition) is 2. The van der Waals surface area contributed by atoms with Gasteiger partial charge in [-0.3, -0.25) is 0 Å². The van der Waals surface area contributed by atoms with Crippen molar-refractivity contribution in [3.05, 3.63) is 29.0 Å². The van der Waals surface area contributed by atoms with Crippen molar-refractivity contribution in [3.8, 4) is 0 Å². The second kappa shape index (κ2) is 3.48. The Labute approximate surface area is 63.3 Å². The molecule has 1 aromatic rings. The highest BCUT2D eigenvalue weighted by atomic mass is 35.5. The van der Waals surface area contributed by atoms with Gasteiger partial charge in [-0.2, -0.15) is 0 Å². The van der Waals surface area contributed by atoms with E-state index in [-0.39, 0.29) is 17.7 Å². The Morgan fingerprint density at radius 1 is 1.67 bits per heavy atom. The van der Waals surface area contributed by atoms with E-state index in [4.69, 9.17) is 11.6 Å². The van der Waals surface area contributed by atoms with Crippen LogP contribution in [0.4, 0.5) is 0 Å². The van der Waals surface area contributed by atoms with Crippen LogP contribution >= 0.6 is 24.0 Å². The maximum atomic E-state index is 10.3. The molecule has 0 unspecified atom stereocenters. The molecule has 0 saturated carbocycles. The molecule has 0 N–H and O–H groups in total. The molecular weight excluding hydrogens is 163 g/mol. The van der Waals surface area contributed by atoms with Gasteiger partial charge in [0.1, 0.15) is 6.20 Å². The fourth-order valence-corrected chi connectivity index (χ4v) is 0.452. The highest BCUT2D eigenvalue weighted by Crippen LogP contribution is 1.89. The average Bonchev–Trinajstić information content (AvgIpc) is 1.77. The fraction of sp³-hybridized carbons (Fsp3) is 0. The minimum atomic E-state index is -0.0486. The van der Waals surface area contributed by atoms with Crippen molar-refractivity contribution in [2.75, 3.05) is 0 Å². The lowest BCUT2D eigenvalue weighted by Crippen LogP contribution is -2.27. The molecule has 0 radical (unpaired) electrons. The van der Waals surface area contributed by atoms with E-state index in [1.165, 1.54) is 18.5 Å². The smallest absolute Gasteiger partial charge is 0.399 e. The van der Waals surface area contributed by atoms with E-state index in [0.29, 0.717) is 4.73 Å². The van der Waals surface area contributed by atoms with Crippen molar-refractivity contribution >= 4 is 24.0 Å². The van der Waals surface area contributed by atoms with Crippen molar-refractivity contribution in [2.24, 2.45) is 0 Å². The van der Waals surface area contributed by atoms with E-state index in [0.717, 1.165) is 0 Å². The van der Waals surface area contributed by atoms with Crippen LogP contribution in [0, 0.1) is 5.21 Å². The monoisotopic (exact) mass is 166 g/mol. The van der Waals surface area contributed by atoms with E-state index in [1.54, 1.807) is 0 Å². The Balaban J connectivity index is 0.000000640. The number of nitrogens with zero attached hydrogens (tertiary/aromatic N) is 2. The van der Waals surface area contributed by atoms with E-state index >= 15 is 0 Å². The van der Waals surface area contributed by atoms with Crippen LogP contribution in [0.2, 0.25) is 5.28 Å². The standard InChI is InChI=1S/C4H3ClN2O.ClH/c5-4-6-2-1-3-7(4)8;/h1-3H;1H. The SMILES string of the molecule is Cl.[O-][n+]1cccnc1Cl. The van der Waals surface area contributed by atoms with Crippen molar-refractivity contribution in [3.63, 3.8) is 0 Å². The predicted octanol–water partition coefficient (Wildman–Crippen LogP) is 0.790. The molecule has 0 aliphatic rings. The Morgan fingerprint density at radius 3 is 2.67 bits per heavy atom. The molecule has 0 amide bonds. The quantitative estimate of drug-likeness (QED) is 0.325. The third-order valence-electron chi connectivity index (χ3n) is 0.670. The molecule has 1 rings (SSSR count). The molecule has 0 spiro atoms. The molecule has 0 atom stereocenters. The molecule has 1 aromatic heterocycles. The van der Waals surface area contributed by atoms with Crippen molar-refractivity contribution in [1.29, 1.82) is 0 Å². The highest BCUT2D eigenvalue weighted by Gasteiger charge is 1.95. The number of aromatic nitrogens is 2. The second-order valence-electron chi connectivity index (χ2n) is 1.21. The summed E-state index contributed by atoms with van der Waals surface area (Å²) in [4.78, 5) is 3.49. The second-order valence-corrected chi connectivity index (χ2v) is 1.55. The van der Waals surface area contributed by atoms with Gasteiger partial charge in [0, 0.05) is 17.7 Å². The fourth-order valence-electron chi connectivity index (χ4n) is 0.340. The topological polar surface area (TPSA) is 39.8 Å². The van der Waals surface area contributed by atoms with Crippen LogP contribution in [-0.2, 0) is 0 Å². The Kier molecular flexibility index (Phi) is 3.27. The summed E-state index contributed by atoms with van der Waals surface area (Å²) in [6.07, 6.45) is 2.74. The van der Waals surface area contributed by atoms with Crippen LogP contribution in [0.5, 0.6) is 0 Å². The normalized spacial score (nSPS) is 8.11. The van der Waals surface area contributed by atoms with Crippen LogP contribution in [0.25, 0.3) is 0 Å². The maximum absolute atomic E-state index is 10.3. The zero-order valence-corrected chi connectivity index (χ0v) is 5.89. The van der Waals surface area contributed by atoms with Crippen molar-refractivity contribution in [1.82, 2.24) is 4.98 Å². The van der Waals surface area contributed by atoms with Gasteiger partial charge in [-0.05, 0) is 4.98 Å². The average molecular weight is 167 g/mol. The van der Waals surface area contributed by atoms with E-state index in [1.807, 2.05) is 0 Å². The first-order valence-corrected chi connectivity index (χ1v) is 2.38. The van der Waals surface area contributed by atoms with Gasteiger partial charge in [-0.1, -0.05) is 0 Å². The third-order valence-corrected chi connectivity index (χ3v) is 0.935. The molecule has 0 bridgehead atoms. The minimum Gasteiger partial charge on any atom is -0.710 e. The van der Waals surface area contributed by atoms with E-state index < -0.39 is 0 Å². The molecular formula is C4H4Cl2N2O. The van der Waals surface area contributed by atoms with E-state index in [2.05, 4.69) is 4.98 Å². The lowest BCUT2D eigenvalue weighted by atomic mass is 10.7. The van der Waals surface area contributed by atoms with Crippen LogP contribution in [0.1, 0.15) is 0 Å². The van der Waals surface area contributed by atoms with Gasteiger partial charge < -0.3 is 5.21 Å². The van der Waals surface area contributed by atoms with Crippen LogP contribution in [0.15, 0.2) is 18.5 Å². The van der Waals surface area contributed by atoms with Crippen molar-refractivity contribution < 1.29 is 4.73 Å². The molecule has 0 fully saturated rings. The lowest BCUT2D eigenvalue weighted by molar-refractivity contribution is -0.606. The van der Waals surface area contributed by atoms with Gasteiger partial charge in [-0.25, -0.2) is 4.73 Å². The molecule has 0 aromatic carbocycles. The molecule has 50 valence electrons. The molecule has 5 heteroatoms. The van der Waals surface area contributed by atoms with Gasteiger partial charge in [0.25, 0.3) is 0 Å².